The van der Waals surface area contributed by atoms with Crippen LogP contribution in [-0.2, 0) is 6.54 Å². The average Bonchev–Trinajstić information content (AvgIpc) is 3.24. The van der Waals surface area contributed by atoms with E-state index in [4.69, 9.17) is 16.6 Å². The summed E-state index contributed by atoms with van der Waals surface area (Å²) in [6, 6.07) is 4.78. The van der Waals surface area contributed by atoms with Gasteiger partial charge >= 0.3 is 0 Å². The number of halogens is 1. The molecule has 4 heteroatoms. The Balaban J connectivity index is 1.81. The minimum Gasteiger partial charge on any atom is -0.353 e. The van der Waals surface area contributed by atoms with Crippen molar-refractivity contribution in [1.82, 2.24) is 10.3 Å². The number of hydrogen-bond acceptors (Lipinski definition) is 3. The van der Waals surface area contributed by atoms with Crippen molar-refractivity contribution < 1.29 is 0 Å². The first-order valence-electron chi connectivity index (χ1n) is 6.84. The van der Waals surface area contributed by atoms with Crippen LogP contribution in [0.25, 0.3) is 0 Å². The fourth-order valence-corrected chi connectivity index (χ4v) is 2.49. The molecular weight excluding hydrogens is 246 g/mol. The lowest BCUT2D eigenvalue weighted by molar-refractivity contribution is 0.702. The molecule has 0 radical (unpaired) electrons. The largest absolute Gasteiger partial charge is 0.353 e. The molecule has 0 amide bonds. The van der Waals surface area contributed by atoms with Gasteiger partial charge in [-0.05, 0) is 50.8 Å². The first-order valence-corrected chi connectivity index (χ1v) is 7.22. The Morgan fingerprint density at radius 2 is 2.11 bits per heavy atom. The van der Waals surface area contributed by atoms with Gasteiger partial charge in [-0.1, -0.05) is 11.6 Å². The van der Waals surface area contributed by atoms with Gasteiger partial charge in [0.15, 0.2) is 0 Å². The van der Waals surface area contributed by atoms with Gasteiger partial charge in [-0.3, -0.25) is 0 Å². The van der Waals surface area contributed by atoms with E-state index in [9.17, 15) is 0 Å². The standard InChI is InChI=1S/C14H20ClN3/c1-16-8-13-12(15)6-7-14(17-13)18(11-4-5-11)9-10-2-3-10/h6-7,10-11,16H,2-5,8-9H2,1H3. The molecule has 0 unspecified atom stereocenters. The molecule has 0 atom stereocenters. The fraction of sp³-hybridized carbons (Fsp3) is 0.643. The molecular formula is C14H20ClN3. The van der Waals surface area contributed by atoms with Gasteiger partial charge < -0.3 is 10.2 Å². The third-order valence-corrected chi connectivity index (χ3v) is 4.03. The van der Waals surface area contributed by atoms with Crippen molar-refractivity contribution in [3.05, 3.63) is 22.8 Å². The zero-order valence-corrected chi connectivity index (χ0v) is 11.6. The highest BCUT2D eigenvalue weighted by atomic mass is 35.5. The van der Waals surface area contributed by atoms with Gasteiger partial charge in [-0.25, -0.2) is 4.98 Å². The van der Waals surface area contributed by atoms with Gasteiger partial charge in [0.1, 0.15) is 5.82 Å². The Morgan fingerprint density at radius 1 is 1.33 bits per heavy atom. The minimum absolute atomic E-state index is 0.724. The summed E-state index contributed by atoms with van der Waals surface area (Å²) in [7, 11) is 1.92. The summed E-state index contributed by atoms with van der Waals surface area (Å²) in [5.41, 5.74) is 0.957. The van der Waals surface area contributed by atoms with Crippen LogP contribution in [0.1, 0.15) is 31.4 Å². The average molecular weight is 266 g/mol. The summed E-state index contributed by atoms with van der Waals surface area (Å²) in [5.74, 6) is 2.01. The number of anilines is 1. The first kappa shape index (κ1) is 12.2. The second-order valence-corrected chi connectivity index (χ2v) is 5.86. The molecule has 3 nitrogen and oxygen atoms in total. The highest BCUT2D eigenvalue weighted by Gasteiger charge is 2.34. The van der Waals surface area contributed by atoms with Gasteiger partial charge in [0.2, 0.25) is 0 Å². The molecule has 1 heterocycles. The highest BCUT2D eigenvalue weighted by Crippen LogP contribution is 2.37. The lowest BCUT2D eigenvalue weighted by Gasteiger charge is -2.24. The molecule has 3 rings (SSSR count). The molecule has 0 aliphatic heterocycles. The van der Waals surface area contributed by atoms with Crippen LogP contribution in [0.15, 0.2) is 12.1 Å². The number of rotatable bonds is 6. The van der Waals surface area contributed by atoms with Crippen LogP contribution in [0.4, 0.5) is 5.82 Å². The summed E-state index contributed by atoms with van der Waals surface area (Å²) in [4.78, 5) is 7.23. The van der Waals surface area contributed by atoms with Crippen LogP contribution in [0.2, 0.25) is 5.02 Å². The number of nitrogens with zero attached hydrogens (tertiary/aromatic N) is 2. The Morgan fingerprint density at radius 3 is 2.72 bits per heavy atom. The molecule has 2 aliphatic rings. The van der Waals surface area contributed by atoms with Crippen LogP contribution in [0, 0.1) is 5.92 Å². The Kier molecular flexibility index (Phi) is 3.44. The maximum atomic E-state index is 6.17. The maximum absolute atomic E-state index is 6.17. The molecule has 0 aromatic carbocycles. The zero-order chi connectivity index (χ0) is 12.5. The van der Waals surface area contributed by atoms with E-state index in [-0.39, 0.29) is 0 Å². The summed E-state index contributed by atoms with van der Waals surface area (Å²) in [5, 5.41) is 3.88. The minimum atomic E-state index is 0.724. The van der Waals surface area contributed by atoms with Crippen LogP contribution >= 0.6 is 11.6 Å². The lowest BCUT2D eigenvalue weighted by Crippen LogP contribution is -2.29. The number of aromatic nitrogens is 1. The third-order valence-electron chi connectivity index (χ3n) is 3.68. The Bertz CT molecular complexity index is 427. The quantitative estimate of drug-likeness (QED) is 0.857. The van der Waals surface area contributed by atoms with Crippen molar-refractivity contribution in [2.24, 2.45) is 5.92 Å². The summed E-state index contributed by atoms with van der Waals surface area (Å²) >= 11 is 6.17. The van der Waals surface area contributed by atoms with Crippen molar-refractivity contribution in [2.45, 2.75) is 38.3 Å². The molecule has 2 saturated carbocycles. The van der Waals surface area contributed by atoms with E-state index in [1.165, 1.54) is 32.2 Å². The van der Waals surface area contributed by atoms with E-state index in [2.05, 4.69) is 16.3 Å². The Hall–Kier alpha value is -0.800. The van der Waals surface area contributed by atoms with E-state index < -0.39 is 0 Å². The van der Waals surface area contributed by atoms with E-state index in [1.54, 1.807) is 0 Å². The molecule has 1 aromatic rings. The zero-order valence-electron chi connectivity index (χ0n) is 10.8. The molecule has 2 aliphatic carbocycles. The lowest BCUT2D eigenvalue weighted by atomic mass is 10.3. The van der Waals surface area contributed by atoms with E-state index in [0.717, 1.165) is 35.0 Å². The SMILES string of the molecule is CNCc1nc(N(CC2CC2)C2CC2)ccc1Cl. The highest BCUT2D eigenvalue weighted by molar-refractivity contribution is 6.31. The smallest absolute Gasteiger partial charge is 0.129 e. The van der Waals surface area contributed by atoms with Crippen molar-refractivity contribution in [2.75, 3.05) is 18.5 Å². The predicted octanol–water partition coefficient (Wildman–Crippen LogP) is 2.83. The molecule has 0 bridgehead atoms. The predicted molar refractivity (Wildman–Crippen MR) is 75.1 cm³/mol. The molecule has 1 aromatic heterocycles. The van der Waals surface area contributed by atoms with E-state index in [0.29, 0.717) is 0 Å². The first-order chi connectivity index (χ1) is 8.78. The molecule has 18 heavy (non-hydrogen) atoms. The summed E-state index contributed by atoms with van der Waals surface area (Å²) in [6.45, 7) is 1.91. The fourth-order valence-electron chi connectivity index (χ4n) is 2.32. The van der Waals surface area contributed by atoms with Crippen LogP contribution < -0.4 is 10.2 Å². The van der Waals surface area contributed by atoms with Crippen LogP contribution in [-0.4, -0.2) is 24.6 Å². The van der Waals surface area contributed by atoms with Crippen molar-refractivity contribution in [3.63, 3.8) is 0 Å². The van der Waals surface area contributed by atoms with E-state index >= 15 is 0 Å². The molecule has 98 valence electrons. The second kappa shape index (κ2) is 5.06. The molecule has 1 N–H and O–H groups in total. The van der Waals surface area contributed by atoms with Crippen LogP contribution in [0.5, 0.6) is 0 Å². The van der Waals surface area contributed by atoms with Gasteiger partial charge in [0.05, 0.1) is 10.7 Å². The molecule has 0 saturated heterocycles. The van der Waals surface area contributed by atoms with Gasteiger partial charge in [0.25, 0.3) is 0 Å². The van der Waals surface area contributed by atoms with Gasteiger partial charge in [-0.2, -0.15) is 0 Å². The van der Waals surface area contributed by atoms with Crippen LogP contribution in [0.3, 0.4) is 0 Å². The van der Waals surface area contributed by atoms with Gasteiger partial charge in [-0.15, -0.1) is 0 Å². The maximum Gasteiger partial charge on any atom is 0.129 e. The molecule has 2 fully saturated rings. The summed E-state index contributed by atoms with van der Waals surface area (Å²) < 4.78 is 0. The normalized spacial score (nSPS) is 19.0. The monoisotopic (exact) mass is 265 g/mol. The molecule has 0 spiro atoms. The number of nitrogens with one attached hydrogen (secondary N) is 1. The van der Waals surface area contributed by atoms with Gasteiger partial charge in [0, 0.05) is 19.1 Å². The topological polar surface area (TPSA) is 28.2 Å². The van der Waals surface area contributed by atoms with Crippen molar-refractivity contribution in [1.29, 1.82) is 0 Å². The Labute approximate surface area is 114 Å². The van der Waals surface area contributed by atoms with Crippen molar-refractivity contribution >= 4 is 17.4 Å². The second-order valence-electron chi connectivity index (χ2n) is 5.46. The number of hydrogen-bond donors (Lipinski definition) is 1. The number of pyridine rings is 1. The van der Waals surface area contributed by atoms with E-state index in [1.807, 2.05) is 13.1 Å². The summed E-state index contributed by atoms with van der Waals surface area (Å²) in [6.07, 6.45) is 5.41. The van der Waals surface area contributed by atoms with Crippen molar-refractivity contribution in [3.8, 4) is 0 Å². The third kappa shape index (κ3) is 2.78.